The van der Waals surface area contributed by atoms with E-state index in [0.717, 1.165) is 16.5 Å². The number of aryl methyl sites for hydroxylation is 1. The number of amidine groups is 1. The van der Waals surface area contributed by atoms with Gasteiger partial charge < -0.3 is 17.5 Å². The molecule has 0 amide bonds. The highest BCUT2D eigenvalue weighted by Crippen LogP contribution is 2.32. The number of hydrogen-bond donors (Lipinski definition) is 1. The standard InChI is InChI=1S/C11H12N2O2S.ClH/c1-7-3-4-8-9(5-7)13(2)11(12-8)16-6-10(14)15;/h3-5H,6H2,1-2H3,(H,14,15);1H/q+1;/p-1. The lowest BCUT2D eigenvalue weighted by atomic mass is 10.2. The molecule has 0 fully saturated rings. The number of benzene rings is 1. The molecule has 1 aromatic carbocycles. The lowest BCUT2D eigenvalue weighted by Crippen LogP contribution is -3.00. The average Bonchev–Trinajstić information content (AvgIpc) is 2.53. The maximum atomic E-state index is 10.5. The lowest BCUT2D eigenvalue weighted by molar-refractivity contribution is -0.133. The summed E-state index contributed by atoms with van der Waals surface area (Å²) >= 11 is 1.24. The maximum Gasteiger partial charge on any atom is 0.360 e. The number of nitrogens with zero attached hydrogens (tertiary/aromatic N) is 2. The Bertz CT molecular complexity index is 477. The van der Waals surface area contributed by atoms with Crippen LogP contribution in [-0.4, -0.2) is 29.0 Å². The number of carboxylic acid groups (broad SMARTS) is 1. The second kappa shape index (κ2) is 5.42. The number of anilines is 1. The van der Waals surface area contributed by atoms with Gasteiger partial charge in [-0.3, -0.25) is 4.79 Å². The van der Waals surface area contributed by atoms with Crippen molar-refractivity contribution in [3.63, 3.8) is 0 Å². The number of halogens is 1. The van der Waals surface area contributed by atoms with E-state index < -0.39 is 5.97 Å². The molecule has 0 atom stereocenters. The summed E-state index contributed by atoms with van der Waals surface area (Å²) in [6.45, 7) is 2.02. The van der Waals surface area contributed by atoms with Gasteiger partial charge in [0.25, 0.3) is 0 Å². The van der Waals surface area contributed by atoms with Crippen LogP contribution in [0.2, 0.25) is 0 Å². The van der Waals surface area contributed by atoms with Gasteiger partial charge in [-0.05, 0) is 41.4 Å². The van der Waals surface area contributed by atoms with Crippen molar-refractivity contribution in [3.8, 4) is 0 Å². The number of carbonyl (C=O) groups is 1. The second-order valence-electron chi connectivity index (χ2n) is 3.63. The van der Waals surface area contributed by atoms with E-state index in [1.54, 1.807) is 0 Å². The number of aliphatic carboxylic acids is 1. The van der Waals surface area contributed by atoms with Gasteiger partial charge in [-0.25, -0.2) is 4.90 Å². The van der Waals surface area contributed by atoms with Crippen LogP contribution in [0.25, 0.3) is 0 Å². The first-order valence-corrected chi connectivity index (χ1v) is 5.84. The van der Waals surface area contributed by atoms with Crippen LogP contribution in [0.3, 0.4) is 0 Å². The van der Waals surface area contributed by atoms with Crippen molar-refractivity contribution in [3.05, 3.63) is 23.8 Å². The molecule has 0 bridgehead atoms. The van der Waals surface area contributed by atoms with Crippen LogP contribution in [0.15, 0.2) is 18.2 Å². The molecule has 0 unspecified atom stereocenters. The molecule has 2 rings (SSSR count). The highest BCUT2D eigenvalue weighted by molar-refractivity contribution is 8.14. The fourth-order valence-corrected chi connectivity index (χ4v) is 2.24. The fraction of sp³-hybridized carbons (Fsp3) is 0.273. The first kappa shape index (κ1) is 13.9. The van der Waals surface area contributed by atoms with Gasteiger partial charge in [0.1, 0.15) is 5.75 Å². The third-order valence-electron chi connectivity index (χ3n) is 2.32. The molecule has 0 saturated heterocycles. The first-order chi connectivity index (χ1) is 7.58. The van der Waals surface area contributed by atoms with Crippen molar-refractivity contribution in [2.24, 2.45) is 0 Å². The molecule has 0 aromatic heterocycles. The largest absolute Gasteiger partial charge is 1.00 e. The van der Waals surface area contributed by atoms with Crippen LogP contribution in [0.4, 0.5) is 11.4 Å². The van der Waals surface area contributed by atoms with Gasteiger partial charge in [0.2, 0.25) is 5.69 Å². The summed E-state index contributed by atoms with van der Waals surface area (Å²) in [7, 11) is 1.90. The maximum absolute atomic E-state index is 10.5. The summed E-state index contributed by atoms with van der Waals surface area (Å²) < 4.78 is 0. The van der Waals surface area contributed by atoms with Crippen molar-refractivity contribution in [2.45, 2.75) is 6.92 Å². The molecule has 0 saturated carbocycles. The zero-order chi connectivity index (χ0) is 11.7. The van der Waals surface area contributed by atoms with Gasteiger partial charge in [0, 0.05) is 0 Å². The normalized spacial score (nSPS) is 12.8. The van der Waals surface area contributed by atoms with Crippen molar-refractivity contribution in [1.82, 2.24) is 4.99 Å². The first-order valence-electron chi connectivity index (χ1n) is 4.85. The van der Waals surface area contributed by atoms with Gasteiger partial charge in [-0.2, -0.15) is 0 Å². The van der Waals surface area contributed by atoms with Crippen molar-refractivity contribution in [1.29, 1.82) is 0 Å². The third-order valence-corrected chi connectivity index (χ3v) is 3.33. The molecule has 0 aliphatic carbocycles. The third kappa shape index (κ3) is 2.92. The number of aliphatic imine (C=N–C) groups is 1. The fourth-order valence-electron chi connectivity index (χ4n) is 1.53. The Kier molecular flexibility index (Phi) is 4.42. The SMILES string of the molecule is Cc1ccc2c(c1)N(C)C(SCC(=O)O)=[N+]2.[Cl-]. The second-order valence-corrected chi connectivity index (χ2v) is 4.57. The smallest absolute Gasteiger partial charge is 0.360 e. The number of hydrogen-bond acceptors (Lipinski definition) is 4. The molecule has 91 valence electrons. The summed E-state index contributed by atoms with van der Waals surface area (Å²) in [6.07, 6.45) is 0. The Morgan fingerprint density at radius 3 is 2.88 bits per heavy atom. The molecule has 4 nitrogen and oxygen atoms in total. The molecule has 1 aromatic rings. The van der Waals surface area contributed by atoms with E-state index in [0.29, 0.717) is 0 Å². The topological polar surface area (TPSA) is 54.6 Å². The monoisotopic (exact) mass is 271 g/mol. The summed E-state index contributed by atoms with van der Waals surface area (Å²) in [5.74, 6) is -0.788. The minimum Gasteiger partial charge on any atom is -1.00 e. The van der Waals surface area contributed by atoms with Crippen LogP contribution >= 0.6 is 11.8 Å². The van der Waals surface area contributed by atoms with Gasteiger partial charge >= 0.3 is 11.1 Å². The van der Waals surface area contributed by atoms with E-state index in [9.17, 15) is 4.79 Å². The van der Waals surface area contributed by atoms with E-state index in [1.807, 2.05) is 37.1 Å². The Balaban J connectivity index is 0.00000144. The predicted molar refractivity (Wildman–Crippen MR) is 66.5 cm³/mol. The highest BCUT2D eigenvalue weighted by atomic mass is 35.5. The summed E-state index contributed by atoms with van der Waals surface area (Å²) in [4.78, 5) is 16.8. The Morgan fingerprint density at radius 1 is 1.53 bits per heavy atom. The molecule has 1 N–H and O–H groups in total. The Labute approximate surface area is 110 Å². The molecular formula is C11H12ClN2O2S. The molecule has 6 heteroatoms. The van der Waals surface area contributed by atoms with Gasteiger partial charge in [-0.15, -0.1) is 0 Å². The molecule has 1 heterocycles. The van der Waals surface area contributed by atoms with Crippen molar-refractivity contribution < 1.29 is 22.3 Å². The Hall–Kier alpha value is -1.20. The van der Waals surface area contributed by atoms with E-state index in [2.05, 4.69) is 4.99 Å². The van der Waals surface area contributed by atoms with E-state index in [-0.39, 0.29) is 18.2 Å². The van der Waals surface area contributed by atoms with Crippen LogP contribution < -0.4 is 22.3 Å². The number of thioether (sulfide) groups is 1. The van der Waals surface area contributed by atoms with Crippen LogP contribution in [-0.2, 0) is 4.79 Å². The highest BCUT2D eigenvalue weighted by Gasteiger charge is 2.32. The number of fused-ring (bicyclic) bond motifs is 1. The number of carboxylic acids is 1. The van der Waals surface area contributed by atoms with Gasteiger partial charge in [0.15, 0.2) is 5.69 Å². The summed E-state index contributed by atoms with van der Waals surface area (Å²) in [6, 6.07) is 6.00. The average molecular weight is 272 g/mol. The number of rotatable bonds is 2. The van der Waals surface area contributed by atoms with Crippen molar-refractivity contribution >= 4 is 34.3 Å². The van der Waals surface area contributed by atoms with Gasteiger partial charge in [0.05, 0.1) is 7.05 Å². The zero-order valence-electron chi connectivity index (χ0n) is 9.48. The van der Waals surface area contributed by atoms with E-state index in [4.69, 9.17) is 5.11 Å². The van der Waals surface area contributed by atoms with Crippen LogP contribution in [0, 0.1) is 6.92 Å². The molecule has 1 aliphatic rings. The minimum absolute atomic E-state index is 0. The summed E-state index contributed by atoms with van der Waals surface area (Å²) in [5, 5.41) is 9.37. The minimum atomic E-state index is -0.826. The summed E-state index contributed by atoms with van der Waals surface area (Å²) in [5.41, 5.74) is 3.11. The Morgan fingerprint density at radius 2 is 2.24 bits per heavy atom. The lowest BCUT2D eigenvalue weighted by Gasteiger charge is -2.04. The van der Waals surface area contributed by atoms with Crippen molar-refractivity contribution in [2.75, 3.05) is 17.7 Å². The quantitative estimate of drug-likeness (QED) is 0.718. The molecular weight excluding hydrogens is 260 g/mol. The molecule has 1 aliphatic heterocycles. The van der Waals surface area contributed by atoms with E-state index >= 15 is 0 Å². The van der Waals surface area contributed by atoms with Crippen LogP contribution in [0.5, 0.6) is 0 Å². The van der Waals surface area contributed by atoms with E-state index in [1.165, 1.54) is 17.3 Å². The van der Waals surface area contributed by atoms with Crippen LogP contribution in [0.1, 0.15) is 5.56 Å². The van der Waals surface area contributed by atoms with Gasteiger partial charge in [-0.1, -0.05) is 6.07 Å². The molecule has 0 spiro atoms. The predicted octanol–water partition coefficient (Wildman–Crippen LogP) is -1.41. The molecule has 1 radical (unpaired) electrons. The zero-order valence-corrected chi connectivity index (χ0v) is 11.0. The molecule has 17 heavy (non-hydrogen) atoms.